The maximum Gasteiger partial charge on any atom is 0.159 e. The van der Waals surface area contributed by atoms with Crippen LogP contribution in [0, 0.1) is 0 Å². The summed E-state index contributed by atoms with van der Waals surface area (Å²) in [4.78, 5) is 2.41. The van der Waals surface area contributed by atoms with E-state index in [1.165, 1.54) is 61.2 Å². The van der Waals surface area contributed by atoms with Crippen LogP contribution in [0.15, 0.2) is 180 Å². The fourth-order valence-electron chi connectivity index (χ4n) is 9.72. The van der Waals surface area contributed by atoms with Crippen LogP contribution in [0.4, 0.5) is 17.1 Å². The molecule has 0 fully saturated rings. The van der Waals surface area contributed by atoms with Gasteiger partial charge in [-0.2, -0.15) is 0 Å². The van der Waals surface area contributed by atoms with Gasteiger partial charge in [-0.25, -0.2) is 0 Å². The van der Waals surface area contributed by atoms with E-state index in [1.54, 1.807) is 0 Å². The standard InChI is InChI=1S/C54H41NO/c1-53(2)46-19-11-8-16-40(46)42-28-24-36(31-48(42)53)37-30-45-44-18-10-13-21-51(44)56-52(45)50(32-37)55(38-25-22-35(23-26-38)34-14-6-5-7-15-34)39-27-29-43-41-17-9-12-20-47(41)54(3,4)49(43)33-39/h5-33H,1-4H3. The molecule has 0 amide bonds. The van der Waals surface area contributed by atoms with Gasteiger partial charge in [-0.1, -0.05) is 155 Å². The number of anilines is 3. The second-order valence-electron chi connectivity index (χ2n) is 16.6. The molecule has 0 radical (unpaired) electrons. The van der Waals surface area contributed by atoms with E-state index in [1.807, 2.05) is 0 Å². The molecule has 0 saturated heterocycles. The Labute approximate surface area is 328 Å². The van der Waals surface area contributed by atoms with Crippen molar-refractivity contribution in [1.82, 2.24) is 0 Å². The Kier molecular flexibility index (Phi) is 6.98. The number of hydrogen-bond acceptors (Lipinski definition) is 2. The molecule has 0 bridgehead atoms. The monoisotopic (exact) mass is 719 g/mol. The van der Waals surface area contributed by atoms with Crippen LogP contribution in [0.25, 0.3) is 66.4 Å². The fraction of sp³-hybridized carbons (Fsp3) is 0.111. The first-order valence-corrected chi connectivity index (χ1v) is 19.7. The molecule has 2 nitrogen and oxygen atoms in total. The van der Waals surface area contributed by atoms with Crippen LogP contribution in [0.1, 0.15) is 49.9 Å². The van der Waals surface area contributed by atoms with E-state index in [0.717, 1.165) is 44.6 Å². The third kappa shape index (κ3) is 4.75. The Morgan fingerprint density at radius 2 is 0.911 bits per heavy atom. The van der Waals surface area contributed by atoms with Gasteiger partial charge >= 0.3 is 0 Å². The Balaban J connectivity index is 1.16. The highest BCUT2D eigenvalue weighted by atomic mass is 16.3. The van der Waals surface area contributed by atoms with Gasteiger partial charge in [0.2, 0.25) is 0 Å². The third-order valence-corrected chi connectivity index (χ3v) is 12.7. The van der Waals surface area contributed by atoms with Crippen molar-refractivity contribution in [2.24, 2.45) is 0 Å². The summed E-state index contributed by atoms with van der Waals surface area (Å²) in [5.74, 6) is 0. The number of benzene rings is 8. The molecule has 1 heterocycles. The average Bonchev–Trinajstić information content (AvgIpc) is 3.81. The number of fused-ring (bicyclic) bond motifs is 9. The molecule has 0 aliphatic heterocycles. The largest absolute Gasteiger partial charge is 0.454 e. The first kappa shape index (κ1) is 32.8. The van der Waals surface area contributed by atoms with Crippen molar-refractivity contribution < 1.29 is 4.42 Å². The quantitative estimate of drug-likeness (QED) is 0.176. The van der Waals surface area contributed by atoms with E-state index >= 15 is 0 Å². The molecule has 0 N–H and O–H groups in total. The molecule has 2 aliphatic carbocycles. The lowest BCUT2D eigenvalue weighted by atomic mass is 9.81. The van der Waals surface area contributed by atoms with Crippen molar-refractivity contribution in [2.45, 2.75) is 38.5 Å². The number of rotatable bonds is 5. The predicted octanol–water partition coefficient (Wildman–Crippen LogP) is 15.0. The van der Waals surface area contributed by atoms with Crippen LogP contribution >= 0.6 is 0 Å². The summed E-state index contributed by atoms with van der Waals surface area (Å²) in [5.41, 5.74) is 20.2. The average molecular weight is 720 g/mol. The Morgan fingerprint density at radius 3 is 1.62 bits per heavy atom. The van der Waals surface area contributed by atoms with Crippen LogP contribution in [-0.2, 0) is 10.8 Å². The summed E-state index contributed by atoms with van der Waals surface area (Å²) in [7, 11) is 0. The van der Waals surface area contributed by atoms with E-state index < -0.39 is 0 Å². The van der Waals surface area contributed by atoms with Crippen LogP contribution in [-0.4, -0.2) is 0 Å². The molecule has 0 atom stereocenters. The fourth-order valence-corrected chi connectivity index (χ4v) is 9.72. The van der Waals surface area contributed by atoms with Gasteiger partial charge in [-0.3, -0.25) is 0 Å². The van der Waals surface area contributed by atoms with Crippen molar-refractivity contribution in [3.05, 3.63) is 198 Å². The van der Waals surface area contributed by atoms with Crippen LogP contribution in [0.5, 0.6) is 0 Å². The van der Waals surface area contributed by atoms with Gasteiger partial charge in [0.25, 0.3) is 0 Å². The minimum atomic E-state index is -0.143. The molecule has 2 heteroatoms. The summed E-state index contributed by atoms with van der Waals surface area (Å²) in [6.07, 6.45) is 0. The van der Waals surface area contributed by atoms with Gasteiger partial charge in [0.15, 0.2) is 5.58 Å². The summed E-state index contributed by atoms with van der Waals surface area (Å²) in [5, 5.41) is 2.22. The lowest BCUT2D eigenvalue weighted by Gasteiger charge is -2.29. The topological polar surface area (TPSA) is 16.4 Å². The van der Waals surface area contributed by atoms with E-state index in [0.29, 0.717) is 0 Å². The summed E-state index contributed by atoms with van der Waals surface area (Å²) >= 11 is 0. The number of hydrogen-bond donors (Lipinski definition) is 0. The van der Waals surface area contributed by atoms with E-state index in [9.17, 15) is 0 Å². The van der Waals surface area contributed by atoms with Gasteiger partial charge < -0.3 is 9.32 Å². The van der Waals surface area contributed by atoms with E-state index in [2.05, 4.69) is 209 Å². The number of furan rings is 1. The maximum absolute atomic E-state index is 6.88. The molecule has 11 rings (SSSR count). The molecule has 268 valence electrons. The number of para-hydroxylation sites is 1. The lowest BCUT2D eigenvalue weighted by Crippen LogP contribution is -2.16. The summed E-state index contributed by atoms with van der Waals surface area (Å²) in [6, 6.07) is 64.6. The zero-order valence-corrected chi connectivity index (χ0v) is 32.1. The SMILES string of the molecule is CC1(C)c2ccccc2-c2ccc(-c3cc(N(c4ccc(-c5ccccc5)cc4)c4ccc5c(c4)C(C)(C)c4ccccc4-5)c4oc5ccccc5c4c3)cc21. The van der Waals surface area contributed by atoms with E-state index in [4.69, 9.17) is 4.42 Å². The molecule has 56 heavy (non-hydrogen) atoms. The van der Waals surface area contributed by atoms with Crippen LogP contribution < -0.4 is 4.90 Å². The second kappa shape index (κ2) is 11.9. The molecule has 8 aromatic carbocycles. The Bertz CT molecular complexity index is 3020. The molecular weight excluding hydrogens is 679 g/mol. The summed E-state index contributed by atoms with van der Waals surface area (Å²) < 4.78 is 6.88. The van der Waals surface area contributed by atoms with Crippen molar-refractivity contribution in [2.75, 3.05) is 4.90 Å². The first-order valence-electron chi connectivity index (χ1n) is 19.7. The van der Waals surface area contributed by atoms with Crippen molar-refractivity contribution >= 4 is 39.0 Å². The minimum Gasteiger partial charge on any atom is -0.454 e. The highest BCUT2D eigenvalue weighted by molar-refractivity contribution is 6.12. The summed E-state index contributed by atoms with van der Waals surface area (Å²) in [6.45, 7) is 9.42. The minimum absolute atomic E-state index is 0.0987. The Hall–Kier alpha value is -6.64. The van der Waals surface area contributed by atoms with Gasteiger partial charge in [0.05, 0.1) is 5.69 Å². The van der Waals surface area contributed by atoms with E-state index in [-0.39, 0.29) is 10.8 Å². The second-order valence-corrected chi connectivity index (χ2v) is 16.6. The van der Waals surface area contributed by atoms with Crippen molar-refractivity contribution in [3.8, 4) is 44.5 Å². The normalized spacial score (nSPS) is 14.4. The molecule has 0 unspecified atom stereocenters. The van der Waals surface area contributed by atoms with Crippen molar-refractivity contribution in [1.29, 1.82) is 0 Å². The molecular formula is C54H41NO. The van der Waals surface area contributed by atoms with Gasteiger partial charge in [0.1, 0.15) is 5.58 Å². The van der Waals surface area contributed by atoms with Crippen LogP contribution in [0.2, 0.25) is 0 Å². The molecule has 2 aliphatic rings. The smallest absolute Gasteiger partial charge is 0.159 e. The molecule has 0 saturated carbocycles. The zero-order chi connectivity index (χ0) is 37.8. The maximum atomic E-state index is 6.88. The van der Waals surface area contributed by atoms with Crippen LogP contribution in [0.3, 0.4) is 0 Å². The van der Waals surface area contributed by atoms with Crippen molar-refractivity contribution in [3.63, 3.8) is 0 Å². The third-order valence-electron chi connectivity index (χ3n) is 12.7. The molecule has 1 aromatic heterocycles. The van der Waals surface area contributed by atoms with Gasteiger partial charge in [-0.15, -0.1) is 0 Å². The molecule has 0 spiro atoms. The first-order chi connectivity index (χ1) is 27.3. The highest BCUT2D eigenvalue weighted by Crippen LogP contribution is 2.53. The van der Waals surface area contributed by atoms with Gasteiger partial charge in [0, 0.05) is 33.0 Å². The number of nitrogens with zero attached hydrogens (tertiary/aromatic N) is 1. The lowest BCUT2D eigenvalue weighted by molar-refractivity contribution is 0.660. The Morgan fingerprint density at radius 1 is 0.375 bits per heavy atom. The predicted molar refractivity (Wildman–Crippen MR) is 234 cm³/mol. The highest BCUT2D eigenvalue weighted by Gasteiger charge is 2.37. The van der Waals surface area contributed by atoms with Gasteiger partial charge in [-0.05, 0) is 115 Å². The molecule has 9 aromatic rings. The zero-order valence-electron chi connectivity index (χ0n) is 32.1.